The highest BCUT2D eigenvalue weighted by molar-refractivity contribution is 7.99. The van der Waals surface area contributed by atoms with Crippen molar-refractivity contribution >= 4 is 70.0 Å². The van der Waals surface area contributed by atoms with E-state index >= 15 is 0 Å². The van der Waals surface area contributed by atoms with Crippen LogP contribution in [0.15, 0.2) is 53.4 Å². The van der Waals surface area contributed by atoms with Crippen molar-refractivity contribution in [1.82, 2.24) is 20.4 Å². The summed E-state index contributed by atoms with van der Waals surface area (Å²) in [6.07, 6.45) is 0. The van der Waals surface area contributed by atoms with E-state index in [4.69, 9.17) is 11.5 Å². The minimum atomic E-state index is -0.334. The molecule has 0 heterocycles. The second-order valence-corrected chi connectivity index (χ2v) is 19.2. The van der Waals surface area contributed by atoms with Crippen molar-refractivity contribution in [1.29, 1.82) is 0 Å². The normalized spacial score (nSPS) is 11.4. The summed E-state index contributed by atoms with van der Waals surface area (Å²) in [7, 11) is 16.0. The number of benzene rings is 3. The van der Waals surface area contributed by atoms with E-state index in [-0.39, 0.29) is 22.6 Å². The minimum Gasteiger partial charge on any atom is -0.398 e. The second kappa shape index (κ2) is 20.2. The molecule has 0 radical (unpaired) electrons. The van der Waals surface area contributed by atoms with Gasteiger partial charge in [0, 0.05) is 51.0 Å². The van der Waals surface area contributed by atoms with Gasteiger partial charge in [-0.05, 0) is 64.4 Å². The average molecular weight is 821 g/mol. The van der Waals surface area contributed by atoms with Gasteiger partial charge in [-0.15, -0.1) is 11.8 Å². The first-order valence-corrected chi connectivity index (χ1v) is 21.4. The summed E-state index contributed by atoms with van der Waals surface area (Å²) in [5.41, 5.74) is 19.1. The molecule has 0 bridgehead atoms. The van der Waals surface area contributed by atoms with Gasteiger partial charge in [0.25, 0.3) is 11.8 Å². The summed E-state index contributed by atoms with van der Waals surface area (Å²) >= 11 is 3.33. The zero-order valence-electron chi connectivity index (χ0n) is 36.7. The number of amides is 2. The van der Waals surface area contributed by atoms with Gasteiger partial charge in [0.1, 0.15) is 0 Å². The molecular formula is C43H68N10O2S2+2. The Morgan fingerprint density at radius 3 is 1.60 bits per heavy atom. The SMILES string of the molecule is CN(C)C(NCCSCc1c(N)cc(C(C)(C)C)cc1NC(=O)c1cccc(C(=O)Nc2cc(C(C)(C)C)cc(N)c2SCCNC(N(C)C)=[N+](C)C)c1)=[N+](C)C. The minimum absolute atomic E-state index is 0.188. The molecular weight excluding hydrogens is 753 g/mol. The van der Waals surface area contributed by atoms with E-state index in [2.05, 4.69) is 62.8 Å². The number of hydrogen-bond donors (Lipinski definition) is 6. The highest BCUT2D eigenvalue weighted by Gasteiger charge is 2.23. The fourth-order valence-corrected chi connectivity index (χ4v) is 7.90. The van der Waals surface area contributed by atoms with Crippen molar-refractivity contribution in [2.45, 2.75) is 63.0 Å². The molecule has 3 aromatic carbocycles. The van der Waals surface area contributed by atoms with E-state index in [0.717, 1.165) is 45.8 Å². The number of anilines is 4. The number of nitrogens with one attached hydrogen (secondary N) is 4. The van der Waals surface area contributed by atoms with E-state index in [1.807, 2.05) is 99.6 Å². The highest BCUT2D eigenvalue weighted by Crippen LogP contribution is 2.38. The van der Waals surface area contributed by atoms with Gasteiger partial charge >= 0.3 is 11.9 Å². The topological polar surface area (TPSA) is 147 Å². The summed E-state index contributed by atoms with van der Waals surface area (Å²) in [6.45, 7) is 14.2. The van der Waals surface area contributed by atoms with Gasteiger partial charge in [-0.1, -0.05) is 47.6 Å². The number of nitrogen functional groups attached to an aromatic ring is 2. The molecule has 8 N–H and O–H groups in total. The highest BCUT2D eigenvalue weighted by atomic mass is 32.2. The van der Waals surface area contributed by atoms with Gasteiger partial charge in [-0.25, -0.2) is 0 Å². The molecule has 3 rings (SSSR count). The smallest absolute Gasteiger partial charge is 0.347 e. The summed E-state index contributed by atoms with van der Waals surface area (Å²) < 4.78 is 4.07. The van der Waals surface area contributed by atoms with Gasteiger partial charge < -0.3 is 22.1 Å². The van der Waals surface area contributed by atoms with Gasteiger partial charge in [0.15, 0.2) is 0 Å². The third-order valence-electron chi connectivity index (χ3n) is 9.12. The zero-order chi connectivity index (χ0) is 42.8. The molecule has 14 heteroatoms. The van der Waals surface area contributed by atoms with Crippen LogP contribution in [0.2, 0.25) is 0 Å². The van der Waals surface area contributed by atoms with E-state index in [9.17, 15) is 9.59 Å². The van der Waals surface area contributed by atoms with Crippen LogP contribution in [-0.2, 0) is 16.6 Å². The zero-order valence-corrected chi connectivity index (χ0v) is 38.4. The predicted octanol–water partition coefficient (Wildman–Crippen LogP) is 5.83. The molecule has 12 nitrogen and oxygen atoms in total. The maximum absolute atomic E-state index is 13.9. The lowest BCUT2D eigenvalue weighted by Gasteiger charge is -2.23. The van der Waals surface area contributed by atoms with E-state index in [1.165, 1.54) is 0 Å². The quantitative estimate of drug-likeness (QED) is 0.0311. The summed E-state index contributed by atoms with van der Waals surface area (Å²) in [5.74, 6) is 3.53. The Balaban J connectivity index is 1.86. The summed E-state index contributed by atoms with van der Waals surface area (Å²) in [5, 5.41) is 13.2. The number of carbonyl (C=O) groups is 2. The van der Waals surface area contributed by atoms with Gasteiger partial charge in [0.05, 0.1) is 80.1 Å². The molecule has 0 fully saturated rings. The first-order valence-electron chi connectivity index (χ1n) is 19.2. The van der Waals surface area contributed by atoms with Crippen molar-refractivity contribution in [3.05, 3.63) is 76.3 Å². The van der Waals surface area contributed by atoms with Crippen molar-refractivity contribution in [3.63, 3.8) is 0 Å². The van der Waals surface area contributed by atoms with E-state index in [0.29, 0.717) is 51.9 Å². The third kappa shape index (κ3) is 13.5. The third-order valence-corrected chi connectivity index (χ3v) is 11.3. The number of carbonyl (C=O) groups excluding carboxylic acids is 2. The number of nitrogens with two attached hydrogens (primary N) is 2. The van der Waals surface area contributed by atoms with Crippen LogP contribution in [0.3, 0.4) is 0 Å². The van der Waals surface area contributed by atoms with Gasteiger partial charge in [-0.3, -0.25) is 39.2 Å². The molecule has 0 spiro atoms. The first kappa shape index (κ1) is 46.8. The lowest BCUT2D eigenvalue weighted by molar-refractivity contribution is -0.472. The first-order chi connectivity index (χ1) is 26.5. The molecule has 0 aliphatic rings. The number of nitrogens with zero attached hydrogens (tertiary/aromatic N) is 4. The van der Waals surface area contributed by atoms with Crippen LogP contribution in [0.4, 0.5) is 22.7 Å². The van der Waals surface area contributed by atoms with Crippen LogP contribution in [0.5, 0.6) is 0 Å². The molecule has 0 aromatic heterocycles. The van der Waals surface area contributed by atoms with Crippen LogP contribution in [0.1, 0.15) is 78.9 Å². The largest absolute Gasteiger partial charge is 0.398 e. The van der Waals surface area contributed by atoms with E-state index in [1.54, 1.807) is 47.8 Å². The number of guanidine groups is 2. The summed E-state index contributed by atoms with van der Waals surface area (Å²) in [4.78, 5) is 32.7. The summed E-state index contributed by atoms with van der Waals surface area (Å²) in [6, 6.07) is 14.8. The lowest BCUT2D eigenvalue weighted by atomic mass is 9.85. The van der Waals surface area contributed by atoms with Crippen LogP contribution >= 0.6 is 23.5 Å². The Hall–Kier alpha value is -4.56. The lowest BCUT2D eigenvalue weighted by Crippen LogP contribution is -2.42. The van der Waals surface area contributed by atoms with Gasteiger partial charge in [-0.2, -0.15) is 11.8 Å². The molecule has 0 unspecified atom stereocenters. The average Bonchev–Trinajstić information content (AvgIpc) is 3.09. The van der Waals surface area contributed by atoms with Crippen LogP contribution in [-0.4, -0.2) is 124 Å². The Labute approximate surface area is 350 Å². The van der Waals surface area contributed by atoms with Crippen LogP contribution in [0.25, 0.3) is 0 Å². The fraction of sp³-hybridized carbons (Fsp3) is 0.488. The number of hydrogen-bond acceptors (Lipinski definition) is 6. The Morgan fingerprint density at radius 1 is 0.667 bits per heavy atom. The molecule has 0 aliphatic heterocycles. The number of rotatable bonds is 13. The maximum atomic E-state index is 13.9. The maximum Gasteiger partial charge on any atom is 0.347 e. The van der Waals surface area contributed by atoms with Crippen molar-refractivity contribution in [2.24, 2.45) is 0 Å². The number of thioether (sulfide) groups is 2. The van der Waals surface area contributed by atoms with Crippen LogP contribution in [0, 0.1) is 0 Å². The van der Waals surface area contributed by atoms with Crippen molar-refractivity contribution in [3.8, 4) is 0 Å². The molecule has 57 heavy (non-hydrogen) atoms. The molecule has 3 aromatic rings. The van der Waals surface area contributed by atoms with Gasteiger partial charge in [0.2, 0.25) is 0 Å². The standard InChI is InChI=1S/C43H66N10O2S2/c1-42(2,3)30-23-33(44)32(27-56-20-18-46-40(50(7)8)51(9)10)35(25-30)48-38(54)28-16-15-17-29(22-28)39(55)49-36-26-31(43(4,5)6)24-34(45)37(36)57-21-19-47-41(52(11)12)53(13)14/h15-17,22-26H,18-21,27,44-45H2,1-14H3,(H2,48,49,54,55)/p+2. The van der Waals surface area contributed by atoms with Crippen molar-refractivity contribution < 1.29 is 18.7 Å². The van der Waals surface area contributed by atoms with E-state index < -0.39 is 0 Å². The second-order valence-electron chi connectivity index (χ2n) is 17.0. The molecule has 0 saturated heterocycles. The Kier molecular flexibility index (Phi) is 16.6. The molecule has 312 valence electrons. The van der Waals surface area contributed by atoms with Crippen molar-refractivity contribution in [2.75, 3.05) is 103 Å². The Bertz CT molecular complexity index is 1950. The molecule has 0 saturated carbocycles. The molecule has 2 amide bonds. The monoisotopic (exact) mass is 820 g/mol. The molecule has 0 aliphatic carbocycles. The van der Waals surface area contributed by atoms with Crippen LogP contribution < -0.4 is 32.7 Å². The fourth-order valence-electron chi connectivity index (χ4n) is 6.09. The Morgan fingerprint density at radius 2 is 1.12 bits per heavy atom. The predicted molar refractivity (Wildman–Crippen MR) is 246 cm³/mol. The molecule has 0 atom stereocenters.